The smallest absolute Gasteiger partial charge is 0.0930 e. The number of thiophene rings is 1. The predicted molar refractivity (Wildman–Crippen MR) is 53.0 cm³/mol. The molecule has 1 fully saturated rings. The Kier molecular flexibility index (Phi) is 1.55. The summed E-state index contributed by atoms with van der Waals surface area (Å²) in [7, 11) is 0. The summed E-state index contributed by atoms with van der Waals surface area (Å²) in [4.78, 5) is 0. The number of anilines is 1. The molecule has 0 unspecified atom stereocenters. The van der Waals surface area contributed by atoms with Crippen molar-refractivity contribution in [2.45, 2.75) is 25.2 Å². The molecule has 0 radical (unpaired) electrons. The van der Waals surface area contributed by atoms with Crippen LogP contribution < -0.4 is 5.73 Å². The van der Waals surface area contributed by atoms with Crippen LogP contribution in [0.3, 0.4) is 0 Å². The maximum absolute atomic E-state index is 5.89. The summed E-state index contributed by atoms with van der Waals surface area (Å²) in [6.07, 6.45) is 2.58. The summed E-state index contributed by atoms with van der Waals surface area (Å²) in [6.45, 7) is 2.28. The largest absolute Gasteiger partial charge is 0.397 e. The van der Waals surface area contributed by atoms with E-state index in [2.05, 4.69) is 28.2 Å². The number of hydrogen-bond acceptors (Lipinski definition) is 2. The zero-order valence-corrected chi connectivity index (χ0v) is 8.76. The van der Waals surface area contributed by atoms with E-state index in [1.165, 1.54) is 18.4 Å². The summed E-state index contributed by atoms with van der Waals surface area (Å²) in [5.74, 6) is 0. The first-order valence-corrected chi connectivity index (χ1v) is 5.34. The average Bonchev–Trinajstić information content (AvgIpc) is 2.60. The van der Waals surface area contributed by atoms with Crippen molar-refractivity contribution >= 4 is 33.0 Å². The first-order valence-electron chi connectivity index (χ1n) is 3.66. The van der Waals surface area contributed by atoms with Gasteiger partial charge >= 0.3 is 0 Å². The van der Waals surface area contributed by atoms with Crippen LogP contribution in [0.2, 0.25) is 0 Å². The van der Waals surface area contributed by atoms with Gasteiger partial charge in [0, 0.05) is 0 Å². The number of hydrogen-bond donors (Lipinski definition) is 1. The van der Waals surface area contributed by atoms with Crippen LogP contribution in [-0.2, 0) is 5.41 Å². The fraction of sp³-hybridized carbons (Fsp3) is 0.500. The third-order valence-electron chi connectivity index (χ3n) is 2.43. The quantitative estimate of drug-likeness (QED) is 0.790. The van der Waals surface area contributed by atoms with Gasteiger partial charge in [0.1, 0.15) is 0 Å². The van der Waals surface area contributed by atoms with E-state index in [0.717, 1.165) is 9.47 Å². The van der Waals surface area contributed by atoms with E-state index in [1.54, 1.807) is 11.3 Å². The Morgan fingerprint density at radius 1 is 1.64 bits per heavy atom. The standard InChI is InChI=1S/C8H10BrNS/c1-8(2-3-8)5-4-11-7(9)6(5)10/h4H,2-3,10H2,1H3. The molecule has 3 heteroatoms. The Bertz CT molecular complexity index is 288. The van der Waals surface area contributed by atoms with Crippen molar-refractivity contribution in [3.05, 3.63) is 14.7 Å². The third kappa shape index (κ3) is 1.11. The Labute approximate surface area is 78.7 Å². The number of nitrogen functional groups attached to an aromatic ring is 1. The van der Waals surface area contributed by atoms with Crippen LogP contribution >= 0.6 is 27.3 Å². The highest BCUT2D eigenvalue weighted by atomic mass is 79.9. The molecule has 1 aromatic heterocycles. The van der Waals surface area contributed by atoms with E-state index in [4.69, 9.17) is 5.73 Å². The van der Waals surface area contributed by atoms with Crippen molar-refractivity contribution in [3.63, 3.8) is 0 Å². The van der Waals surface area contributed by atoms with E-state index in [9.17, 15) is 0 Å². The van der Waals surface area contributed by atoms with Crippen molar-refractivity contribution in [1.82, 2.24) is 0 Å². The SMILES string of the molecule is CC1(c2csc(Br)c2N)CC1. The van der Waals surface area contributed by atoms with Crippen LogP contribution in [0, 0.1) is 0 Å². The minimum atomic E-state index is 0.409. The molecule has 1 heterocycles. The average molecular weight is 232 g/mol. The van der Waals surface area contributed by atoms with Gasteiger partial charge < -0.3 is 5.73 Å². The van der Waals surface area contributed by atoms with Gasteiger partial charge in [-0.25, -0.2) is 0 Å². The van der Waals surface area contributed by atoms with Gasteiger partial charge in [-0.2, -0.15) is 0 Å². The number of halogens is 1. The summed E-state index contributed by atoms with van der Waals surface area (Å²) in [5, 5.41) is 2.17. The number of nitrogens with two attached hydrogens (primary N) is 1. The highest BCUT2D eigenvalue weighted by molar-refractivity contribution is 9.11. The van der Waals surface area contributed by atoms with Gasteiger partial charge in [0.15, 0.2) is 0 Å². The minimum absolute atomic E-state index is 0.409. The molecule has 2 N–H and O–H groups in total. The summed E-state index contributed by atoms with van der Waals surface area (Å²) in [5.41, 5.74) is 8.60. The molecule has 2 rings (SSSR count). The molecule has 0 saturated heterocycles. The lowest BCUT2D eigenvalue weighted by Gasteiger charge is -2.06. The highest BCUT2D eigenvalue weighted by Gasteiger charge is 2.41. The first kappa shape index (κ1) is 7.62. The van der Waals surface area contributed by atoms with E-state index >= 15 is 0 Å². The molecule has 0 aromatic carbocycles. The van der Waals surface area contributed by atoms with Crippen molar-refractivity contribution in [3.8, 4) is 0 Å². The van der Waals surface area contributed by atoms with E-state index in [1.807, 2.05) is 0 Å². The monoisotopic (exact) mass is 231 g/mol. The molecule has 1 aliphatic carbocycles. The molecule has 1 nitrogen and oxygen atoms in total. The van der Waals surface area contributed by atoms with Crippen LogP contribution in [0.5, 0.6) is 0 Å². The summed E-state index contributed by atoms with van der Waals surface area (Å²) >= 11 is 5.12. The van der Waals surface area contributed by atoms with Crippen molar-refractivity contribution in [2.75, 3.05) is 5.73 Å². The van der Waals surface area contributed by atoms with Crippen molar-refractivity contribution in [1.29, 1.82) is 0 Å². The fourth-order valence-electron chi connectivity index (χ4n) is 1.27. The molecule has 1 saturated carbocycles. The van der Waals surface area contributed by atoms with Gasteiger partial charge in [0.2, 0.25) is 0 Å². The Hall–Kier alpha value is -0.0200. The van der Waals surface area contributed by atoms with E-state index in [-0.39, 0.29) is 0 Å². The predicted octanol–water partition coefficient (Wildman–Crippen LogP) is 3.14. The second-order valence-electron chi connectivity index (χ2n) is 3.40. The lowest BCUT2D eigenvalue weighted by Crippen LogP contribution is -2.01. The molecular formula is C8H10BrNS. The van der Waals surface area contributed by atoms with Gasteiger partial charge in [0.05, 0.1) is 9.47 Å². The topological polar surface area (TPSA) is 26.0 Å². The van der Waals surface area contributed by atoms with Crippen molar-refractivity contribution in [2.24, 2.45) is 0 Å². The second-order valence-corrected chi connectivity index (χ2v) is 5.59. The van der Waals surface area contributed by atoms with Crippen LogP contribution in [0.15, 0.2) is 9.17 Å². The third-order valence-corrected chi connectivity index (χ3v) is 4.20. The van der Waals surface area contributed by atoms with Crippen molar-refractivity contribution < 1.29 is 0 Å². The molecule has 60 valence electrons. The zero-order chi connectivity index (χ0) is 8.06. The first-order chi connectivity index (χ1) is 5.13. The maximum Gasteiger partial charge on any atom is 0.0930 e. The van der Waals surface area contributed by atoms with Gasteiger partial charge in [-0.15, -0.1) is 11.3 Å². The van der Waals surface area contributed by atoms with Crippen LogP contribution in [-0.4, -0.2) is 0 Å². The van der Waals surface area contributed by atoms with Gasteiger partial charge in [-0.1, -0.05) is 6.92 Å². The molecule has 1 aliphatic rings. The summed E-state index contributed by atoms with van der Waals surface area (Å²) < 4.78 is 1.08. The molecule has 0 amide bonds. The van der Waals surface area contributed by atoms with Crippen LogP contribution in [0.1, 0.15) is 25.3 Å². The lowest BCUT2D eigenvalue weighted by atomic mass is 10.0. The number of rotatable bonds is 1. The Balaban J connectivity index is 2.45. The maximum atomic E-state index is 5.89. The Morgan fingerprint density at radius 3 is 2.64 bits per heavy atom. The molecule has 11 heavy (non-hydrogen) atoms. The van der Waals surface area contributed by atoms with Gasteiger partial charge in [0.25, 0.3) is 0 Å². The highest BCUT2D eigenvalue weighted by Crippen LogP contribution is 2.52. The molecular weight excluding hydrogens is 222 g/mol. The zero-order valence-electron chi connectivity index (χ0n) is 6.36. The molecule has 0 aliphatic heterocycles. The molecule has 1 aromatic rings. The lowest BCUT2D eigenvalue weighted by molar-refractivity contribution is 0.795. The van der Waals surface area contributed by atoms with E-state index < -0.39 is 0 Å². The van der Waals surface area contributed by atoms with Gasteiger partial charge in [-0.05, 0) is 45.1 Å². The normalized spacial score (nSPS) is 20.2. The Morgan fingerprint density at radius 2 is 2.27 bits per heavy atom. The minimum Gasteiger partial charge on any atom is -0.397 e. The molecule has 0 atom stereocenters. The van der Waals surface area contributed by atoms with Crippen LogP contribution in [0.4, 0.5) is 5.69 Å². The van der Waals surface area contributed by atoms with Gasteiger partial charge in [-0.3, -0.25) is 0 Å². The van der Waals surface area contributed by atoms with E-state index in [0.29, 0.717) is 5.41 Å². The van der Waals surface area contributed by atoms with Crippen LogP contribution in [0.25, 0.3) is 0 Å². The second kappa shape index (κ2) is 2.23. The molecule has 0 bridgehead atoms. The summed E-state index contributed by atoms with van der Waals surface area (Å²) in [6, 6.07) is 0. The molecule has 0 spiro atoms. The fourth-order valence-corrected chi connectivity index (χ4v) is 2.63.